The quantitative estimate of drug-likeness (QED) is 0.843. The normalized spacial score (nSPS) is 10.1. The molecule has 0 bridgehead atoms. The van der Waals surface area contributed by atoms with E-state index in [1.165, 1.54) is 6.07 Å². The second kappa shape index (κ2) is 5.50. The zero-order valence-corrected chi connectivity index (χ0v) is 10.4. The van der Waals surface area contributed by atoms with Gasteiger partial charge in [0.2, 0.25) is 0 Å². The highest BCUT2D eigenvalue weighted by Crippen LogP contribution is 2.18. The fourth-order valence-electron chi connectivity index (χ4n) is 1.75. The van der Waals surface area contributed by atoms with Crippen LogP contribution in [0.3, 0.4) is 0 Å². The molecule has 2 aromatic rings. The predicted molar refractivity (Wildman–Crippen MR) is 75.1 cm³/mol. The third-order valence-electron chi connectivity index (χ3n) is 2.80. The van der Waals surface area contributed by atoms with Gasteiger partial charge in [-0.1, -0.05) is 43.0 Å². The van der Waals surface area contributed by atoms with Crippen molar-refractivity contribution in [2.24, 2.45) is 0 Å². The van der Waals surface area contributed by atoms with Crippen molar-refractivity contribution in [2.75, 3.05) is 11.9 Å². The number of aryl methyl sites for hydroxylation is 1. The molecule has 1 N–H and O–H groups in total. The summed E-state index contributed by atoms with van der Waals surface area (Å²) in [6, 6.07) is 14.9. The molecular weight excluding hydrogens is 225 g/mol. The zero-order chi connectivity index (χ0) is 13.0. The average Bonchev–Trinajstić information content (AvgIpc) is 2.40. The first kappa shape index (κ1) is 12.4. The lowest BCUT2D eigenvalue weighted by Gasteiger charge is -2.10. The van der Waals surface area contributed by atoms with Crippen LogP contribution in [0.2, 0.25) is 0 Å². The maximum atomic E-state index is 13.5. The highest BCUT2D eigenvalue weighted by atomic mass is 19.1. The summed E-state index contributed by atoms with van der Waals surface area (Å²) < 4.78 is 13.5. The molecule has 0 atom stereocenters. The molecule has 1 nitrogen and oxygen atoms in total. The Balaban J connectivity index is 2.04. The Morgan fingerprint density at radius 2 is 1.89 bits per heavy atom. The molecule has 2 rings (SSSR count). The van der Waals surface area contributed by atoms with Crippen molar-refractivity contribution in [3.05, 3.63) is 72.1 Å². The van der Waals surface area contributed by atoms with Gasteiger partial charge in [0.15, 0.2) is 0 Å². The van der Waals surface area contributed by atoms with Crippen molar-refractivity contribution in [1.29, 1.82) is 0 Å². The molecule has 2 heteroatoms. The van der Waals surface area contributed by atoms with E-state index in [1.54, 1.807) is 12.1 Å². The van der Waals surface area contributed by atoms with E-state index in [9.17, 15) is 4.39 Å². The van der Waals surface area contributed by atoms with Crippen LogP contribution in [0, 0.1) is 12.7 Å². The van der Waals surface area contributed by atoms with E-state index >= 15 is 0 Å². The van der Waals surface area contributed by atoms with E-state index in [0.717, 1.165) is 16.7 Å². The SMILES string of the molecule is C=C(CNc1cc(C)ccc1F)c1ccccc1. The van der Waals surface area contributed by atoms with Crippen molar-refractivity contribution in [1.82, 2.24) is 0 Å². The number of hydrogen-bond acceptors (Lipinski definition) is 1. The summed E-state index contributed by atoms with van der Waals surface area (Å²) >= 11 is 0. The van der Waals surface area contributed by atoms with Crippen molar-refractivity contribution >= 4 is 11.3 Å². The van der Waals surface area contributed by atoms with Crippen molar-refractivity contribution in [3.63, 3.8) is 0 Å². The lowest BCUT2D eigenvalue weighted by molar-refractivity contribution is 0.630. The van der Waals surface area contributed by atoms with Gasteiger partial charge in [0, 0.05) is 6.54 Å². The summed E-state index contributed by atoms with van der Waals surface area (Å²) in [6.07, 6.45) is 0. The van der Waals surface area contributed by atoms with E-state index in [2.05, 4.69) is 11.9 Å². The van der Waals surface area contributed by atoms with Crippen LogP contribution >= 0.6 is 0 Å². The number of anilines is 1. The zero-order valence-electron chi connectivity index (χ0n) is 10.4. The molecule has 0 radical (unpaired) electrons. The van der Waals surface area contributed by atoms with Gasteiger partial charge in [0.1, 0.15) is 5.82 Å². The predicted octanol–water partition coefficient (Wildman–Crippen LogP) is 4.26. The first-order chi connectivity index (χ1) is 8.66. The van der Waals surface area contributed by atoms with E-state index in [-0.39, 0.29) is 5.82 Å². The lowest BCUT2D eigenvalue weighted by Crippen LogP contribution is -2.05. The number of hydrogen-bond donors (Lipinski definition) is 1. The maximum Gasteiger partial charge on any atom is 0.146 e. The molecule has 0 aromatic heterocycles. The summed E-state index contributed by atoms with van der Waals surface area (Å²) in [4.78, 5) is 0. The minimum atomic E-state index is -0.235. The van der Waals surface area contributed by atoms with Crippen LogP contribution in [-0.2, 0) is 0 Å². The monoisotopic (exact) mass is 241 g/mol. The highest BCUT2D eigenvalue weighted by molar-refractivity contribution is 5.67. The molecule has 0 aliphatic carbocycles. The molecule has 18 heavy (non-hydrogen) atoms. The Labute approximate surface area is 107 Å². The number of benzene rings is 2. The molecule has 0 unspecified atom stereocenters. The molecule has 0 saturated carbocycles. The van der Waals surface area contributed by atoms with Gasteiger partial charge in [0.05, 0.1) is 5.69 Å². The molecule has 0 spiro atoms. The fourth-order valence-corrected chi connectivity index (χ4v) is 1.75. The van der Waals surface area contributed by atoms with Crippen LogP contribution in [0.5, 0.6) is 0 Å². The Hall–Kier alpha value is -2.09. The largest absolute Gasteiger partial charge is 0.379 e. The maximum absolute atomic E-state index is 13.5. The van der Waals surface area contributed by atoms with Crippen molar-refractivity contribution < 1.29 is 4.39 Å². The van der Waals surface area contributed by atoms with E-state index < -0.39 is 0 Å². The molecule has 0 amide bonds. The van der Waals surface area contributed by atoms with E-state index in [4.69, 9.17) is 0 Å². The number of nitrogens with one attached hydrogen (secondary N) is 1. The van der Waals surface area contributed by atoms with Gasteiger partial charge in [0.25, 0.3) is 0 Å². The molecule has 92 valence electrons. The average molecular weight is 241 g/mol. The Kier molecular flexibility index (Phi) is 3.78. The minimum Gasteiger partial charge on any atom is -0.379 e. The van der Waals surface area contributed by atoms with Gasteiger partial charge in [-0.25, -0.2) is 4.39 Å². The van der Waals surface area contributed by atoms with Gasteiger partial charge in [-0.3, -0.25) is 0 Å². The molecule has 2 aromatic carbocycles. The Morgan fingerprint density at radius 3 is 2.61 bits per heavy atom. The van der Waals surface area contributed by atoms with Gasteiger partial charge >= 0.3 is 0 Å². The van der Waals surface area contributed by atoms with Gasteiger partial charge in [-0.05, 0) is 35.8 Å². The van der Waals surface area contributed by atoms with Gasteiger partial charge < -0.3 is 5.32 Å². The summed E-state index contributed by atoms with van der Waals surface area (Å²) in [5.41, 5.74) is 3.56. The fraction of sp³-hybridized carbons (Fsp3) is 0.125. The smallest absolute Gasteiger partial charge is 0.146 e. The summed E-state index contributed by atoms with van der Waals surface area (Å²) in [5.74, 6) is -0.235. The van der Waals surface area contributed by atoms with Crippen molar-refractivity contribution in [2.45, 2.75) is 6.92 Å². The summed E-state index contributed by atoms with van der Waals surface area (Å²) in [7, 11) is 0. The number of rotatable bonds is 4. The first-order valence-corrected chi connectivity index (χ1v) is 5.90. The standard InChI is InChI=1S/C16H16FN/c1-12-8-9-15(17)16(10-12)18-11-13(2)14-6-4-3-5-7-14/h3-10,18H,2,11H2,1H3. The minimum absolute atomic E-state index is 0.235. The second-order valence-electron chi connectivity index (χ2n) is 4.31. The Morgan fingerprint density at radius 1 is 1.17 bits per heavy atom. The molecular formula is C16H16FN. The summed E-state index contributed by atoms with van der Waals surface area (Å²) in [6.45, 7) is 6.48. The second-order valence-corrected chi connectivity index (χ2v) is 4.31. The molecule has 0 fully saturated rings. The lowest BCUT2D eigenvalue weighted by atomic mass is 10.1. The third kappa shape index (κ3) is 2.98. The summed E-state index contributed by atoms with van der Waals surface area (Å²) in [5, 5.41) is 3.08. The van der Waals surface area contributed by atoms with Gasteiger partial charge in [-0.15, -0.1) is 0 Å². The Bertz CT molecular complexity index is 546. The highest BCUT2D eigenvalue weighted by Gasteiger charge is 2.03. The van der Waals surface area contributed by atoms with E-state index in [0.29, 0.717) is 12.2 Å². The van der Waals surface area contributed by atoms with Crippen LogP contribution in [-0.4, -0.2) is 6.54 Å². The first-order valence-electron chi connectivity index (χ1n) is 5.90. The molecule has 0 aliphatic heterocycles. The van der Waals surface area contributed by atoms with Crippen LogP contribution < -0.4 is 5.32 Å². The third-order valence-corrected chi connectivity index (χ3v) is 2.80. The van der Waals surface area contributed by atoms with Crippen molar-refractivity contribution in [3.8, 4) is 0 Å². The van der Waals surface area contributed by atoms with E-state index in [1.807, 2.05) is 37.3 Å². The molecule has 0 aliphatic rings. The topological polar surface area (TPSA) is 12.0 Å². The van der Waals surface area contributed by atoms with Crippen LogP contribution in [0.4, 0.5) is 10.1 Å². The van der Waals surface area contributed by atoms with Gasteiger partial charge in [-0.2, -0.15) is 0 Å². The van der Waals surface area contributed by atoms with Crippen LogP contribution in [0.15, 0.2) is 55.1 Å². The van der Waals surface area contributed by atoms with Crippen LogP contribution in [0.1, 0.15) is 11.1 Å². The molecule has 0 heterocycles. The van der Waals surface area contributed by atoms with Crippen LogP contribution in [0.25, 0.3) is 5.57 Å². The number of halogens is 1. The molecule has 0 saturated heterocycles.